The van der Waals surface area contributed by atoms with Crippen LogP contribution in [0.25, 0.3) is 0 Å². The minimum atomic E-state index is -6.07. The van der Waals surface area contributed by atoms with Gasteiger partial charge in [0.05, 0.1) is 5.69 Å². The van der Waals surface area contributed by atoms with Crippen molar-refractivity contribution in [2.45, 2.75) is 42.4 Å². The Labute approximate surface area is 188 Å². The first-order chi connectivity index (χ1) is 15.0. The molecular weight excluding hydrogens is 502 g/mol. The zero-order valence-corrected chi connectivity index (χ0v) is 18.6. The number of carbonyl (C=O) groups excluding carboxylic acids is 1. The zero-order valence-electron chi connectivity index (χ0n) is 16.9. The van der Waals surface area contributed by atoms with E-state index in [1.165, 1.54) is 6.92 Å². The molecule has 8 nitrogen and oxygen atoms in total. The molecule has 1 aromatic heterocycles. The number of hydrogen-bond acceptors (Lipinski definition) is 6. The largest absolute Gasteiger partial charge is 0.430 e. The van der Waals surface area contributed by atoms with Crippen LogP contribution in [-0.2, 0) is 15.6 Å². The van der Waals surface area contributed by atoms with Crippen molar-refractivity contribution >= 4 is 38.2 Å². The SMILES string of the molecule is CCCNC(=O)Nc1nc(C)c(S(=O)(=O)Nc2ccc(C(O)(C(F)(F)F)C(F)(F)F)cc2)s1. The molecule has 1 aromatic carbocycles. The van der Waals surface area contributed by atoms with Gasteiger partial charge in [-0.15, -0.1) is 0 Å². The summed E-state index contributed by atoms with van der Waals surface area (Å²) in [5.74, 6) is 0. The number of aromatic nitrogens is 1. The van der Waals surface area contributed by atoms with Crippen molar-refractivity contribution in [3.05, 3.63) is 35.5 Å². The van der Waals surface area contributed by atoms with Gasteiger partial charge in [0.1, 0.15) is 0 Å². The van der Waals surface area contributed by atoms with Gasteiger partial charge < -0.3 is 10.4 Å². The molecule has 0 unspecified atom stereocenters. The number of hydrogen-bond donors (Lipinski definition) is 4. The Bertz CT molecular complexity index is 1080. The van der Waals surface area contributed by atoms with E-state index in [1.54, 1.807) is 0 Å². The van der Waals surface area contributed by atoms with Gasteiger partial charge in [-0.05, 0) is 25.5 Å². The zero-order chi connectivity index (χ0) is 25.2. The average Bonchev–Trinajstić information content (AvgIpc) is 3.05. The number of nitrogens with zero attached hydrogens (tertiary/aromatic N) is 1. The Morgan fingerprint density at radius 3 is 2.12 bits per heavy atom. The molecule has 2 rings (SSSR count). The van der Waals surface area contributed by atoms with Crippen LogP contribution in [0.1, 0.15) is 24.6 Å². The summed E-state index contributed by atoms with van der Waals surface area (Å²) < 4.78 is 105. The van der Waals surface area contributed by atoms with Gasteiger partial charge in [0.2, 0.25) is 0 Å². The van der Waals surface area contributed by atoms with Gasteiger partial charge in [-0.1, -0.05) is 30.4 Å². The van der Waals surface area contributed by atoms with Crippen LogP contribution in [0.15, 0.2) is 28.5 Å². The van der Waals surface area contributed by atoms with Crippen molar-refractivity contribution in [3.63, 3.8) is 0 Å². The first-order valence-electron chi connectivity index (χ1n) is 9.04. The maximum atomic E-state index is 13.0. The average molecular weight is 520 g/mol. The van der Waals surface area contributed by atoms with E-state index in [4.69, 9.17) is 0 Å². The summed E-state index contributed by atoms with van der Waals surface area (Å²) in [6.07, 6.45) is -11.5. The van der Waals surface area contributed by atoms with Crippen LogP contribution < -0.4 is 15.4 Å². The van der Waals surface area contributed by atoms with Crippen LogP contribution in [0, 0.1) is 6.92 Å². The van der Waals surface area contributed by atoms with Crippen LogP contribution in [0.5, 0.6) is 0 Å². The maximum Gasteiger partial charge on any atom is 0.430 e. The Kier molecular flexibility index (Phi) is 7.55. The quantitative estimate of drug-likeness (QED) is 0.410. The van der Waals surface area contributed by atoms with Gasteiger partial charge >= 0.3 is 18.4 Å². The number of anilines is 2. The monoisotopic (exact) mass is 520 g/mol. The highest BCUT2D eigenvalue weighted by Gasteiger charge is 2.71. The predicted octanol–water partition coefficient (Wildman–Crippen LogP) is 4.10. The van der Waals surface area contributed by atoms with E-state index in [-0.39, 0.29) is 20.7 Å². The molecule has 2 amide bonds. The topological polar surface area (TPSA) is 120 Å². The standard InChI is InChI=1S/C17H18F6N4O4S2/c1-3-8-24-13(28)26-14-25-9(2)12(32-14)33(30,31)27-11-6-4-10(5-7-11)15(29,16(18,19)20)17(21,22)23/h4-7,27,29H,3,8H2,1-2H3,(H2,24,25,26,28). The number of aryl methyl sites for hydroxylation is 1. The number of carbonyl (C=O) groups is 1. The number of amides is 2. The molecule has 4 N–H and O–H groups in total. The van der Waals surface area contributed by atoms with Crippen LogP contribution >= 0.6 is 11.3 Å². The minimum Gasteiger partial charge on any atom is -0.369 e. The lowest BCUT2D eigenvalue weighted by atomic mass is 9.92. The van der Waals surface area contributed by atoms with Crippen molar-refractivity contribution in [1.29, 1.82) is 0 Å². The fourth-order valence-electron chi connectivity index (χ4n) is 2.53. The molecule has 184 valence electrons. The first kappa shape index (κ1) is 26.7. The van der Waals surface area contributed by atoms with Gasteiger partial charge in [0.15, 0.2) is 9.34 Å². The fourth-order valence-corrected chi connectivity index (χ4v) is 5.00. The molecule has 0 saturated carbocycles. The highest BCUT2D eigenvalue weighted by atomic mass is 32.2. The molecule has 0 bridgehead atoms. The molecule has 0 aliphatic carbocycles. The molecule has 0 aliphatic heterocycles. The summed E-state index contributed by atoms with van der Waals surface area (Å²) in [4.78, 5) is 15.6. The highest BCUT2D eigenvalue weighted by Crippen LogP contribution is 2.50. The number of benzene rings is 1. The third-order valence-corrected chi connectivity index (χ3v) is 7.19. The second-order valence-electron chi connectivity index (χ2n) is 6.66. The number of aliphatic hydroxyl groups is 1. The fraction of sp³-hybridized carbons (Fsp3) is 0.412. The van der Waals surface area contributed by atoms with E-state index < -0.39 is 39.6 Å². The van der Waals surface area contributed by atoms with E-state index in [0.717, 1.165) is 0 Å². The smallest absolute Gasteiger partial charge is 0.369 e. The van der Waals surface area contributed by atoms with Gasteiger partial charge in [0.25, 0.3) is 15.6 Å². The summed E-state index contributed by atoms with van der Waals surface area (Å²) in [7, 11) is -4.35. The van der Waals surface area contributed by atoms with Crippen LogP contribution in [0.4, 0.5) is 42.0 Å². The molecular formula is C17H18F6N4O4S2. The van der Waals surface area contributed by atoms with Crippen molar-refractivity contribution in [3.8, 4) is 0 Å². The molecule has 0 atom stereocenters. The van der Waals surface area contributed by atoms with Crippen molar-refractivity contribution in [2.24, 2.45) is 0 Å². The lowest BCUT2D eigenvalue weighted by Crippen LogP contribution is -2.53. The number of urea groups is 1. The summed E-state index contributed by atoms with van der Waals surface area (Å²) in [6.45, 7) is 3.52. The van der Waals surface area contributed by atoms with Gasteiger partial charge in [-0.25, -0.2) is 18.2 Å². The third kappa shape index (κ3) is 5.67. The van der Waals surface area contributed by atoms with E-state index in [2.05, 4.69) is 15.6 Å². The Morgan fingerprint density at radius 2 is 1.64 bits per heavy atom. The number of rotatable bonds is 7. The molecule has 1 heterocycles. The van der Waals surface area contributed by atoms with E-state index in [9.17, 15) is 44.7 Å². The molecule has 33 heavy (non-hydrogen) atoms. The Balaban J connectivity index is 2.27. The first-order valence-corrected chi connectivity index (χ1v) is 11.3. The van der Waals surface area contributed by atoms with Gasteiger partial charge in [0, 0.05) is 17.8 Å². The number of alkyl halides is 6. The Morgan fingerprint density at radius 1 is 1.09 bits per heavy atom. The van der Waals surface area contributed by atoms with Gasteiger partial charge in [-0.3, -0.25) is 10.0 Å². The molecule has 16 heteroatoms. The predicted molar refractivity (Wildman–Crippen MR) is 107 cm³/mol. The van der Waals surface area contributed by atoms with Crippen molar-refractivity contribution < 1.29 is 44.7 Å². The number of sulfonamides is 1. The third-order valence-electron chi connectivity index (χ3n) is 4.13. The number of nitrogens with one attached hydrogen (secondary N) is 3. The van der Waals surface area contributed by atoms with Crippen molar-refractivity contribution in [2.75, 3.05) is 16.6 Å². The lowest BCUT2D eigenvalue weighted by Gasteiger charge is -2.32. The lowest BCUT2D eigenvalue weighted by molar-refractivity contribution is -0.376. The van der Waals surface area contributed by atoms with Crippen LogP contribution in [-0.4, -0.2) is 43.4 Å². The molecule has 0 aliphatic rings. The Hall–Kier alpha value is -2.59. The number of halogens is 6. The maximum absolute atomic E-state index is 13.0. The van der Waals surface area contributed by atoms with E-state index in [0.29, 0.717) is 48.6 Å². The van der Waals surface area contributed by atoms with Gasteiger partial charge in [-0.2, -0.15) is 26.3 Å². The summed E-state index contributed by atoms with van der Waals surface area (Å²) in [5, 5.41) is 14.2. The molecule has 0 saturated heterocycles. The molecule has 0 fully saturated rings. The van der Waals surface area contributed by atoms with Crippen LogP contribution in [0.2, 0.25) is 0 Å². The summed E-state index contributed by atoms with van der Waals surface area (Å²) >= 11 is 0.591. The molecule has 2 aromatic rings. The number of thiazole rings is 1. The minimum absolute atomic E-state index is 0.00145. The summed E-state index contributed by atoms with van der Waals surface area (Å²) in [6, 6.07) is 1.29. The van der Waals surface area contributed by atoms with E-state index in [1.807, 2.05) is 11.6 Å². The van der Waals surface area contributed by atoms with Crippen LogP contribution in [0.3, 0.4) is 0 Å². The van der Waals surface area contributed by atoms with E-state index >= 15 is 0 Å². The normalized spacial score (nSPS) is 13.0. The molecule has 0 radical (unpaired) electrons. The second kappa shape index (κ2) is 9.34. The molecule has 0 spiro atoms. The second-order valence-corrected chi connectivity index (χ2v) is 9.54. The highest BCUT2D eigenvalue weighted by molar-refractivity contribution is 7.94. The van der Waals surface area contributed by atoms with Crippen molar-refractivity contribution in [1.82, 2.24) is 10.3 Å². The summed E-state index contributed by atoms with van der Waals surface area (Å²) in [5.41, 5.74) is -7.04.